The number of likely N-dealkylation sites (tertiary alicyclic amines) is 1. The molecule has 1 saturated heterocycles. The summed E-state index contributed by atoms with van der Waals surface area (Å²) in [6.45, 7) is 6.80. The van der Waals surface area contributed by atoms with Crippen molar-refractivity contribution in [2.75, 3.05) is 33.2 Å². The molecule has 22 heavy (non-hydrogen) atoms. The van der Waals surface area contributed by atoms with E-state index in [0.29, 0.717) is 19.1 Å². The largest absolute Gasteiger partial charge is 0.445 e. The quantitative estimate of drug-likeness (QED) is 0.533. The van der Waals surface area contributed by atoms with E-state index < -0.39 is 7.83 Å². The maximum atomic E-state index is 14.7. The van der Waals surface area contributed by atoms with Crippen molar-refractivity contribution in [3.05, 3.63) is 0 Å². The number of rotatable bonds is 6. The lowest BCUT2D eigenvalue weighted by molar-refractivity contribution is -0.941. The van der Waals surface area contributed by atoms with Gasteiger partial charge in [0.1, 0.15) is 12.1 Å². The van der Waals surface area contributed by atoms with E-state index in [0.717, 1.165) is 36.8 Å². The molecule has 0 spiro atoms. The molecule has 1 unspecified atom stereocenters. The van der Waals surface area contributed by atoms with Crippen LogP contribution in [0.25, 0.3) is 0 Å². The smallest absolute Gasteiger partial charge is 0.321 e. The molecule has 2 aliphatic rings. The molecule has 4 nitrogen and oxygen atoms in total. The Morgan fingerprint density at radius 3 is 2.27 bits per heavy atom. The van der Waals surface area contributed by atoms with E-state index in [1.165, 1.54) is 30.4 Å². The Morgan fingerprint density at radius 1 is 1.09 bits per heavy atom. The van der Waals surface area contributed by atoms with Gasteiger partial charge in [0, 0.05) is 19.5 Å². The Bertz CT molecular complexity index is 398. The number of hydrogen-bond acceptors (Lipinski definition) is 2. The normalized spacial score (nSPS) is 31.9. The van der Waals surface area contributed by atoms with Crippen molar-refractivity contribution >= 4 is 7.83 Å². The van der Waals surface area contributed by atoms with Crippen molar-refractivity contribution in [2.45, 2.75) is 70.9 Å². The minimum atomic E-state index is -4.17. The van der Waals surface area contributed by atoms with E-state index in [1.54, 1.807) is 0 Å². The summed E-state index contributed by atoms with van der Waals surface area (Å²) in [5, 5.41) is 0. The third-order valence-electron chi connectivity index (χ3n) is 5.64. The van der Waals surface area contributed by atoms with E-state index in [1.807, 2.05) is 13.8 Å². The number of likely N-dealkylation sites (N-methyl/N-ethyl adjacent to an activating group) is 1. The fourth-order valence-electron chi connectivity index (χ4n) is 4.27. The van der Waals surface area contributed by atoms with Crippen LogP contribution in [-0.4, -0.2) is 54.5 Å². The summed E-state index contributed by atoms with van der Waals surface area (Å²) in [6, 6.07) is 0.300. The highest BCUT2D eigenvalue weighted by Crippen LogP contribution is 2.55. The van der Waals surface area contributed by atoms with Gasteiger partial charge in [0.25, 0.3) is 0 Å². The summed E-state index contributed by atoms with van der Waals surface area (Å²) >= 11 is 0. The van der Waals surface area contributed by atoms with E-state index in [9.17, 15) is 8.76 Å². The molecule has 0 aromatic rings. The van der Waals surface area contributed by atoms with E-state index in [2.05, 4.69) is 7.05 Å². The van der Waals surface area contributed by atoms with Gasteiger partial charge in [-0.2, -0.15) is 0 Å². The van der Waals surface area contributed by atoms with Crippen LogP contribution in [0.5, 0.6) is 0 Å². The Morgan fingerprint density at radius 2 is 1.68 bits per heavy atom. The fourth-order valence-corrected chi connectivity index (χ4v) is 5.66. The molecule has 1 saturated carbocycles. The van der Waals surface area contributed by atoms with Crippen LogP contribution in [0, 0.1) is 0 Å². The topological polar surface area (TPSA) is 29.5 Å². The molecule has 2 rings (SSSR count). The monoisotopic (exact) mass is 335 g/mol. The van der Waals surface area contributed by atoms with Crippen LogP contribution in [-0.2, 0) is 9.09 Å². The zero-order chi connectivity index (χ0) is 16.2. The van der Waals surface area contributed by atoms with Gasteiger partial charge in [0.15, 0.2) is 0 Å². The molecule has 1 aliphatic heterocycles. The maximum absolute atomic E-state index is 14.7. The minimum Gasteiger partial charge on any atom is -0.321 e. The van der Waals surface area contributed by atoms with Crippen molar-refractivity contribution in [1.82, 2.24) is 4.67 Å². The summed E-state index contributed by atoms with van der Waals surface area (Å²) in [7, 11) is -1.88. The van der Waals surface area contributed by atoms with Gasteiger partial charge >= 0.3 is 7.83 Å². The summed E-state index contributed by atoms with van der Waals surface area (Å²) < 4.78 is 35.0. The average Bonchev–Trinajstić information content (AvgIpc) is 2.49. The summed E-state index contributed by atoms with van der Waals surface area (Å²) in [4.78, 5) is 0. The predicted molar refractivity (Wildman–Crippen MR) is 88.5 cm³/mol. The van der Waals surface area contributed by atoms with Crippen molar-refractivity contribution in [3.63, 3.8) is 0 Å². The highest BCUT2D eigenvalue weighted by atomic mass is 31.2. The Labute approximate surface area is 135 Å². The minimum absolute atomic E-state index is 0.201. The van der Waals surface area contributed by atoms with Gasteiger partial charge in [-0.15, -0.1) is 4.20 Å². The van der Waals surface area contributed by atoms with Gasteiger partial charge in [-0.05, 0) is 32.1 Å². The SMILES string of the molecule is CCN(CC)P(=O)(F)O[C@H]1CCCC[C@@H]1[N+]1(C)CCCCC1. The van der Waals surface area contributed by atoms with Crippen molar-refractivity contribution < 1.29 is 17.8 Å². The number of piperidine rings is 1. The third-order valence-corrected chi connectivity index (χ3v) is 7.41. The molecule has 0 aromatic heterocycles. The zero-order valence-corrected chi connectivity index (χ0v) is 15.4. The van der Waals surface area contributed by atoms with E-state index >= 15 is 0 Å². The molecular weight excluding hydrogens is 302 g/mol. The van der Waals surface area contributed by atoms with Crippen LogP contribution in [0.2, 0.25) is 0 Å². The average molecular weight is 335 g/mol. The molecule has 1 heterocycles. The van der Waals surface area contributed by atoms with E-state index in [-0.39, 0.29) is 6.10 Å². The first-order chi connectivity index (χ1) is 10.4. The lowest BCUT2D eigenvalue weighted by atomic mass is 9.88. The number of quaternary nitrogens is 1. The lowest BCUT2D eigenvalue weighted by Gasteiger charge is -2.48. The predicted octanol–water partition coefficient (Wildman–Crippen LogP) is 4.36. The second-order valence-electron chi connectivity index (χ2n) is 7.07. The molecule has 0 amide bonds. The second kappa shape index (κ2) is 7.74. The van der Waals surface area contributed by atoms with Crippen LogP contribution in [0.15, 0.2) is 0 Å². The first-order valence-corrected chi connectivity index (χ1v) is 10.5. The number of halogens is 1. The number of nitrogens with zero attached hydrogens (tertiary/aromatic N) is 2. The van der Waals surface area contributed by atoms with Crippen molar-refractivity contribution in [3.8, 4) is 0 Å². The van der Waals surface area contributed by atoms with Crippen molar-refractivity contribution in [2.24, 2.45) is 0 Å². The van der Waals surface area contributed by atoms with Gasteiger partial charge in [-0.25, -0.2) is 9.24 Å². The summed E-state index contributed by atoms with van der Waals surface area (Å²) in [5.41, 5.74) is 0. The maximum Gasteiger partial charge on any atom is 0.445 e. The molecule has 130 valence electrons. The van der Waals surface area contributed by atoms with Gasteiger partial charge in [-0.1, -0.05) is 20.3 Å². The lowest BCUT2D eigenvalue weighted by Crippen LogP contribution is -2.60. The van der Waals surface area contributed by atoms with Gasteiger partial charge in [0.2, 0.25) is 0 Å². The highest BCUT2D eigenvalue weighted by molar-refractivity contribution is 7.50. The molecule has 2 fully saturated rings. The fraction of sp³-hybridized carbons (Fsp3) is 1.00. The molecule has 1 aliphatic carbocycles. The Hall–Kier alpha value is 0.0400. The standard InChI is InChI=1S/C16H33FN2O2P/c1-4-18(5-2)22(17,20)21-16-12-8-7-11-15(16)19(3)13-9-6-10-14-19/h15-16H,4-14H2,1-3H3/q+1/t15-,16-,22?/m0/s1. The van der Waals surface area contributed by atoms with Crippen LogP contribution in [0.3, 0.4) is 0 Å². The van der Waals surface area contributed by atoms with Crippen LogP contribution in [0.1, 0.15) is 58.8 Å². The molecular formula is C16H33FN2O2P+. The van der Waals surface area contributed by atoms with Gasteiger partial charge < -0.3 is 4.48 Å². The molecule has 0 N–H and O–H groups in total. The molecule has 0 radical (unpaired) electrons. The first kappa shape index (κ1) is 18.4. The second-order valence-corrected chi connectivity index (χ2v) is 8.75. The number of hydrogen-bond donors (Lipinski definition) is 0. The molecule has 6 heteroatoms. The molecule has 0 bridgehead atoms. The van der Waals surface area contributed by atoms with Gasteiger partial charge in [-0.3, -0.25) is 4.52 Å². The van der Waals surface area contributed by atoms with Crippen LogP contribution < -0.4 is 0 Å². The first-order valence-electron chi connectivity index (χ1n) is 9.00. The Balaban J connectivity index is 2.11. The highest BCUT2D eigenvalue weighted by Gasteiger charge is 2.45. The molecule has 3 atom stereocenters. The van der Waals surface area contributed by atoms with Crippen molar-refractivity contribution in [1.29, 1.82) is 0 Å². The Kier molecular flexibility index (Phi) is 6.47. The summed E-state index contributed by atoms with van der Waals surface area (Å²) in [6.07, 6.45) is 7.72. The van der Waals surface area contributed by atoms with Crippen LogP contribution in [0.4, 0.5) is 4.20 Å². The molecule has 0 aromatic carbocycles. The third kappa shape index (κ3) is 4.11. The van der Waals surface area contributed by atoms with Gasteiger partial charge in [0.05, 0.1) is 20.1 Å². The summed E-state index contributed by atoms with van der Waals surface area (Å²) in [5.74, 6) is 0. The van der Waals surface area contributed by atoms with Crippen LogP contribution >= 0.6 is 7.83 Å². The van der Waals surface area contributed by atoms with E-state index in [4.69, 9.17) is 4.52 Å². The zero-order valence-electron chi connectivity index (χ0n) is 14.5.